The van der Waals surface area contributed by atoms with E-state index in [1.165, 1.54) is 18.5 Å². The molecule has 0 bridgehead atoms. The molecule has 0 spiro atoms. The lowest BCUT2D eigenvalue weighted by Crippen LogP contribution is -2.16. The van der Waals surface area contributed by atoms with Gasteiger partial charge in [0.25, 0.3) is 0 Å². The first-order valence-electron chi connectivity index (χ1n) is 6.43. The van der Waals surface area contributed by atoms with Crippen molar-refractivity contribution in [1.29, 1.82) is 5.26 Å². The minimum atomic E-state index is 0.351. The van der Waals surface area contributed by atoms with Gasteiger partial charge in [0.15, 0.2) is 0 Å². The molecule has 2 rings (SSSR count). The molecule has 1 atom stereocenters. The molecule has 0 radical (unpaired) electrons. The summed E-state index contributed by atoms with van der Waals surface area (Å²) in [5.41, 5.74) is 2.07. The van der Waals surface area contributed by atoms with Gasteiger partial charge in [-0.15, -0.1) is 5.10 Å². The van der Waals surface area contributed by atoms with Crippen molar-refractivity contribution in [1.82, 2.24) is 15.0 Å². The molecule has 0 N–H and O–H groups in total. The van der Waals surface area contributed by atoms with Gasteiger partial charge in [-0.25, -0.2) is 4.68 Å². The molecule has 0 amide bonds. The Labute approximate surface area is 103 Å². The Balaban J connectivity index is 2.27. The lowest BCUT2D eigenvalue weighted by molar-refractivity contribution is 0.356. The lowest BCUT2D eigenvalue weighted by atomic mass is 10.0. The van der Waals surface area contributed by atoms with Crippen molar-refractivity contribution in [2.24, 2.45) is 11.8 Å². The van der Waals surface area contributed by atoms with E-state index in [1.807, 2.05) is 4.68 Å². The maximum absolute atomic E-state index is 8.82. The minimum absolute atomic E-state index is 0.351. The van der Waals surface area contributed by atoms with E-state index in [0.717, 1.165) is 18.0 Å². The fraction of sp³-hybridized carbons (Fsp3) is 0.769. The zero-order chi connectivity index (χ0) is 12.4. The van der Waals surface area contributed by atoms with Gasteiger partial charge in [0.1, 0.15) is 0 Å². The molecule has 4 nitrogen and oxygen atoms in total. The first kappa shape index (κ1) is 12.1. The second-order valence-corrected chi connectivity index (χ2v) is 5.39. The van der Waals surface area contributed by atoms with Gasteiger partial charge in [-0.05, 0) is 38.0 Å². The predicted molar refractivity (Wildman–Crippen MR) is 65.3 cm³/mol. The van der Waals surface area contributed by atoms with Gasteiger partial charge >= 0.3 is 0 Å². The SMILES string of the molecule is CC(C)C(C)n1nnc(CC#N)c1CC1CC1. The average Bonchev–Trinajstić information content (AvgIpc) is 3.02. The number of aromatic nitrogens is 3. The highest BCUT2D eigenvalue weighted by Gasteiger charge is 2.27. The van der Waals surface area contributed by atoms with E-state index >= 15 is 0 Å². The van der Waals surface area contributed by atoms with E-state index in [4.69, 9.17) is 5.26 Å². The van der Waals surface area contributed by atoms with Crippen LogP contribution in [0.5, 0.6) is 0 Å². The van der Waals surface area contributed by atoms with Crippen molar-refractivity contribution >= 4 is 0 Å². The normalized spacial score (nSPS) is 17.1. The van der Waals surface area contributed by atoms with Crippen molar-refractivity contribution < 1.29 is 0 Å². The van der Waals surface area contributed by atoms with Crippen LogP contribution >= 0.6 is 0 Å². The molecule has 4 heteroatoms. The summed E-state index contributed by atoms with van der Waals surface area (Å²) in [6, 6.07) is 2.53. The molecule has 1 heterocycles. The zero-order valence-corrected chi connectivity index (χ0v) is 10.8. The molecule has 1 aromatic heterocycles. The number of hydrogen-bond donors (Lipinski definition) is 0. The number of rotatable bonds is 5. The molecule has 1 unspecified atom stereocenters. The fourth-order valence-electron chi connectivity index (χ4n) is 1.97. The van der Waals surface area contributed by atoms with Crippen LogP contribution < -0.4 is 0 Å². The Hall–Kier alpha value is -1.37. The number of nitriles is 1. The second kappa shape index (κ2) is 4.87. The molecular weight excluding hydrogens is 212 g/mol. The van der Waals surface area contributed by atoms with Gasteiger partial charge in [-0.1, -0.05) is 19.1 Å². The average molecular weight is 232 g/mol. The third-order valence-corrected chi connectivity index (χ3v) is 3.65. The van der Waals surface area contributed by atoms with Gasteiger partial charge in [-0.3, -0.25) is 0 Å². The number of nitrogens with zero attached hydrogens (tertiary/aromatic N) is 4. The first-order valence-corrected chi connectivity index (χ1v) is 6.43. The minimum Gasteiger partial charge on any atom is -0.246 e. The first-order chi connectivity index (χ1) is 8.13. The van der Waals surface area contributed by atoms with Crippen LogP contribution in [0.15, 0.2) is 0 Å². The standard InChI is InChI=1S/C13H20N4/c1-9(2)10(3)17-13(8-11-4-5-11)12(6-7-14)15-16-17/h9-11H,4-6,8H2,1-3H3. The van der Waals surface area contributed by atoms with Crippen LogP contribution in [0.25, 0.3) is 0 Å². The number of hydrogen-bond acceptors (Lipinski definition) is 3. The molecule has 1 aliphatic rings. The van der Waals surface area contributed by atoms with Gasteiger partial charge in [-0.2, -0.15) is 5.26 Å². The monoisotopic (exact) mass is 232 g/mol. The molecule has 0 aliphatic heterocycles. The molecule has 1 aliphatic carbocycles. The van der Waals surface area contributed by atoms with Crippen molar-refractivity contribution in [3.8, 4) is 6.07 Å². The Morgan fingerprint density at radius 1 is 1.41 bits per heavy atom. The van der Waals surface area contributed by atoms with E-state index in [-0.39, 0.29) is 0 Å². The van der Waals surface area contributed by atoms with Crippen LogP contribution in [0.2, 0.25) is 0 Å². The Morgan fingerprint density at radius 3 is 2.65 bits per heavy atom. The van der Waals surface area contributed by atoms with E-state index in [2.05, 4.69) is 37.2 Å². The molecular formula is C13H20N4. The summed E-state index contributed by atoms with van der Waals surface area (Å²) in [7, 11) is 0. The molecule has 1 saturated carbocycles. The van der Waals surface area contributed by atoms with Gasteiger partial charge in [0, 0.05) is 0 Å². The Bertz CT molecular complexity index is 423. The summed E-state index contributed by atoms with van der Waals surface area (Å²) in [5.74, 6) is 1.33. The highest BCUT2D eigenvalue weighted by Crippen LogP contribution is 2.34. The lowest BCUT2D eigenvalue weighted by Gasteiger charge is -2.18. The third-order valence-electron chi connectivity index (χ3n) is 3.65. The van der Waals surface area contributed by atoms with Gasteiger partial charge in [0.2, 0.25) is 0 Å². The highest BCUT2D eigenvalue weighted by atomic mass is 15.4. The zero-order valence-electron chi connectivity index (χ0n) is 10.8. The summed E-state index contributed by atoms with van der Waals surface area (Å²) in [5, 5.41) is 17.3. The maximum atomic E-state index is 8.82. The van der Waals surface area contributed by atoms with Crippen LogP contribution in [0, 0.1) is 23.2 Å². The van der Waals surface area contributed by atoms with Crippen molar-refractivity contribution in [2.75, 3.05) is 0 Å². The summed E-state index contributed by atoms with van der Waals surface area (Å²) >= 11 is 0. The fourth-order valence-corrected chi connectivity index (χ4v) is 1.97. The molecule has 1 fully saturated rings. The largest absolute Gasteiger partial charge is 0.246 e. The van der Waals surface area contributed by atoms with Crippen LogP contribution in [-0.2, 0) is 12.8 Å². The van der Waals surface area contributed by atoms with E-state index in [0.29, 0.717) is 18.4 Å². The Kier molecular flexibility index (Phi) is 3.46. The quantitative estimate of drug-likeness (QED) is 0.783. The van der Waals surface area contributed by atoms with E-state index in [9.17, 15) is 0 Å². The van der Waals surface area contributed by atoms with Crippen molar-refractivity contribution in [3.63, 3.8) is 0 Å². The van der Waals surface area contributed by atoms with E-state index < -0.39 is 0 Å². The van der Waals surface area contributed by atoms with Gasteiger partial charge < -0.3 is 0 Å². The highest BCUT2D eigenvalue weighted by molar-refractivity contribution is 5.16. The third kappa shape index (κ3) is 2.66. The molecule has 17 heavy (non-hydrogen) atoms. The van der Waals surface area contributed by atoms with Crippen molar-refractivity contribution in [3.05, 3.63) is 11.4 Å². The topological polar surface area (TPSA) is 54.5 Å². The summed E-state index contributed by atoms with van der Waals surface area (Å²) < 4.78 is 2.04. The van der Waals surface area contributed by atoms with Crippen LogP contribution in [0.1, 0.15) is 51.0 Å². The molecule has 92 valence electrons. The smallest absolute Gasteiger partial charge is 0.0999 e. The van der Waals surface area contributed by atoms with E-state index in [1.54, 1.807) is 0 Å². The van der Waals surface area contributed by atoms with Crippen LogP contribution in [0.4, 0.5) is 0 Å². The van der Waals surface area contributed by atoms with Crippen LogP contribution in [-0.4, -0.2) is 15.0 Å². The molecule has 0 aromatic carbocycles. The Morgan fingerprint density at radius 2 is 2.12 bits per heavy atom. The predicted octanol–water partition coefficient (Wildman–Crippen LogP) is 2.51. The molecule has 0 saturated heterocycles. The summed E-state index contributed by atoms with van der Waals surface area (Å²) in [4.78, 5) is 0. The van der Waals surface area contributed by atoms with Crippen molar-refractivity contribution in [2.45, 2.75) is 52.5 Å². The summed E-state index contributed by atoms with van der Waals surface area (Å²) in [6.07, 6.45) is 4.05. The van der Waals surface area contributed by atoms with Crippen LogP contribution in [0.3, 0.4) is 0 Å². The maximum Gasteiger partial charge on any atom is 0.0999 e. The second-order valence-electron chi connectivity index (χ2n) is 5.39. The molecule has 1 aromatic rings. The van der Waals surface area contributed by atoms with Gasteiger partial charge in [0.05, 0.1) is 29.9 Å². The summed E-state index contributed by atoms with van der Waals surface area (Å²) in [6.45, 7) is 6.56.